The minimum absolute atomic E-state index is 0.0105. The number of anilines is 1. The van der Waals surface area contributed by atoms with Crippen LogP contribution in [0.5, 0.6) is 0 Å². The maximum absolute atomic E-state index is 13.3. The third kappa shape index (κ3) is 4.40. The lowest BCUT2D eigenvalue weighted by molar-refractivity contribution is -0.145. The molecule has 1 amide bonds. The van der Waals surface area contributed by atoms with E-state index in [1.54, 1.807) is 0 Å². The molecule has 0 N–H and O–H groups in total. The lowest BCUT2D eigenvalue weighted by Crippen LogP contribution is -2.58. The van der Waals surface area contributed by atoms with Gasteiger partial charge in [-0.2, -0.15) is 5.26 Å². The number of esters is 1. The fourth-order valence-electron chi connectivity index (χ4n) is 5.76. The molecule has 3 atom stereocenters. The van der Waals surface area contributed by atoms with E-state index in [4.69, 9.17) is 14.5 Å². The van der Waals surface area contributed by atoms with Crippen LogP contribution in [0.2, 0.25) is 0 Å². The summed E-state index contributed by atoms with van der Waals surface area (Å²) in [6.07, 6.45) is 3.54. The zero-order valence-corrected chi connectivity index (χ0v) is 21.5. The molecule has 3 fully saturated rings. The number of hydrogen-bond acceptors (Lipinski definition) is 7. The topological polar surface area (TPSA) is 95.8 Å². The van der Waals surface area contributed by atoms with Crippen molar-refractivity contribution in [3.63, 3.8) is 0 Å². The zero-order chi connectivity index (χ0) is 25.1. The summed E-state index contributed by atoms with van der Waals surface area (Å²) in [6.45, 7) is 10.7. The quantitative estimate of drug-likeness (QED) is 0.597. The number of piperazine rings is 1. The molecule has 35 heavy (non-hydrogen) atoms. The van der Waals surface area contributed by atoms with Crippen molar-refractivity contribution in [3.05, 3.63) is 22.4 Å². The van der Waals surface area contributed by atoms with E-state index in [1.165, 1.54) is 7.11 Å². The summed E-state index contributed by atoms with van der Waals surface area (Å²) in [5.74, 6) is 0.634. The first-order valence-corrected chi connectivity index (χ1v) is 12.9. The van der Waals surface area contributed by atoms with Crippen LogP contribution in [0.25, 0.3) is 0 Å². The second kappa shape index (κ2) is 8.77. The molecular formula is C27H36N4O4. The van der Waals surface area contributed by atoms with E-state index < -0.39 is 0 Å². The predicted molar refractivity (Wildman–Crippen MR) is 130 cm³/mol. The van der Waals surface area contributed by atoms with Crippen molar-refractivity contribution in [2.45, 2.75) is 77.5 Å². The van der Waals surface area contributed by atoms with Gasteiger partial charge in [0.05, 0.1) is 48.5 Å². The standard InChI is InChI=1S/C27H36N4O4/c1-15(2)22-13-30(8-9-31(22)25(32)17-10-18(17)26(33)34-5)24-20(12-28)19-11-27(3,4)35-14-21(19)23(29-24)16-6-7-16/h15-18,22H,6-11,13-14H2,1-5H3/t17-,18-,22?/m1/s1. The Morgan fingerprint density at radius 3 is 2.57 bits per heavy atom. The van der Waals surface area contributed by atoms with Gasteiger partial charge in [-0.05, 0) is 44.6 Å². The molecule has 2 aliphatic carbocycles. The van der Waals surface area contributed by atoms with Gasteiger partial charge in [-0.1, -0.05) is 13.8 Å². The number of carbonyl (C=O) groups is 2. The first-order chi connectivity index (χ1) is 16.6. The molecule has 1 unspecified atom stereocenters. The molecular weight excluding hydrogens is 444 g/mol. The Hall–Kier alpha value is -2.66. The highest BCUT2D eigenvalue weighted by atomic mass is 16.5. The number of nitrogens with zero attached hydrogens (tertiary/aromatic N) is 4. The molecule has 1 aromatic heterocycles. The van der Waals surface area contributed by atoms with Gasteiger partial charge >= 0.3 is 5.97 Å². The number of aromatic nitrogens is 1. The summed E-state index contributed by atoms with van der Waals surface area (Å²) >= 11 is 0. The summed E-state index contributed by atoms with van der Waals surface area (Å²) in [5, 5.41) is 10.3. The van der Waals surface area contributed by atoms with Gasteiger partial charge in [-0.3, -0.25) is 9.59 Å². The fraction of sp³-hybridized carbons (Fsp3) is 0.704. The molecule has 1 saturated heterocycles. The number of methoxy groups -OCH3 is 1. The monoisotopic (exact) mass is 480 g/mol. The number of amides is 1. The van der Waals surface area contributed by atoms with Crippen molar-refractivity contribution in [1.29, 1.82) is 5.26 Å². The second-order valence-corrected chi connectivity index (χ2v) is 11.5. The van der Waals surface area contributed by atoms with Crippen LogP contribution in [0.3, 0.4) is 0 Å². The van der Waals surface area contributed by atoms with Gasteiger partial charge < -0.3 is 19.3 Å². The van der Waals surface area contributed by atoms with Crippen molar-refractivity contribution in [1.82, 2.24) is 9.88 Å². The summed E-state index contributed by atoms with van der Waals surface area (Å²) in [7, 11) is 1.37. The third-order valence-electron chi connectivity index (χ3n) is 8.09. The molecule has 0 spiro atoms. The summed E-state index contributed by atoms with van der Waals surface area (Å²) in [5.41, 5.74) is 3.65. The van der Waals surface area contributed by atoms with E-state index >= 15 is 0 Å². The molecule has 2 saturated carbocycles. The van der Waals surface area contributed by atoms with Crippen LogP contribution < -0.4 is 4.90 Å². The molecule has 0 aromatic carbocycles. The zero-order valence-electron chi connectivity index (χ0n) is 21.5. The molecule has 0 bridgehead atoms. The average molecular weight is 481 g/mol. The number of carbonyl (C=O) groups excluding carboxylic acids is 2. The highest BCUT2D eigenvalue weighted by Crippen LogP contribution is 2.46. The molecule has 5 rings (SSSR count). The Morgan fingerprint density at radius 2 is 1.94 bits per heavy atom. The highest BCUT2D eigenvalue weighted by Gasteiger charge is 2.52. The van der Waals surface area contributed by atoms with Crippen molar-refractivity contribution < 1.29 is 19.1 Å². The number of fused-ring (bicyclic) bond motifs is 1. The van der Waals surface area contributed by atoms with Gasteiger partial charge in [0.15, 0.2) is 0 Å². The Balaban J connectivity index is 1.44. The van der Waals surface area contributed by atoms with Crippen LogP contribution in [-0.2, 0) is 32.1 Å². The highest BCUT2D eigenvalue weighted by molar-refractivity contribution is 5.90. The summed E-state index contributed by atoms with van der Waals surface area (Å²) < 4.78 is 11.0. The molecule has 4 aliphatic rings. The largest absolute Gasteiger partial charge is 0.469 e. The molecule has 1 aromatic rings. The van der Waals surface area contributed by atoms with E-state index in [-0.39, 0.29) is 41.3 Å². The van der Waals surface area contributed by atoms with Gasteiger partial charge in [-0.25, -0.2) is 4.98 Å². The van der Waals surface area contributed by atoms with Gasteiger partial charge in [0, 0.05) is 37.5 Å². The van der Waals surface area contributed by atoms with Gasteiger partial charge in [0.25, 0.3) is 0 Å². The Bertz CT molecular complexity index is 1090. The van der Waals surface area contributed by atoms with Crippen LogP contribution in [-0.4, -0.2) is 60.1 Å². The average Bonchev–Trinajstić information content (AvgIpc) is 3.75. The smallest absolute Gasteiger partial charge is 0.309 e. The van der Waals surface area contributed by atoms with Crippen LogP contribution >= 0.6 is 0 Å². The Kier molecular flexibility index (Phi) is 6.03. The lowest BCUT2D eigenvalue weighted by Gasteiger charge is -2.45. The Labute approximate surface area is 207 Å². The molecule has 3 heterocycles. The van der Waals surface area contributed by atoms with Gasteiger partial charge in [0.1, 0.15) is 11.9 Å². The van der Waals surface area contributed by atoms with Crippen molar-refractivity contribution in [2.75, 3.05) is 31.6 Å². The molecule has 188 valence electrons. The number of nitriles is 1. The first-order valence-electron chi connectivity index (χ1n) is 12.9. The van der Waals surface area contributed by atoms with Crippen LogP contribution in [0.15, 0.2) is 0 Å². The Morgan fingerprint density at radius 1 is 1.20 bits per heavy atom. The lowest BCUT2D eigenvalue weighted by atomic mass is 9.87. The number of hydrogen-bond donors (Lipinski definition) is 0. The van der Waals surface area contributed by atoms with E-state index in [0.717, 1.165) is 35.5 Å². The number of pyridine rings is 1. The maximum atomic E-state index is 13.3. The van der Waals surface area contributed by atoms with E-state index in [0.29, 0.717) is 50.6 Å². The molecule has 0 radical (unpaired) electrons. The SMILES string of the molecule is COC(=O)[C@@H]1C[C@H]1C(=O)N1CCN(c2nc(C3CC3)c3c(c2C#N)CC(C)(C)OC3)CC1C(C)C. The van der Waals surface area contributed by atoms with Crippen molar-refractivity contribution in [2.24, 2.45) is 17.8 Å². The van der Waals surface area contributed by atoms with Crippen LogP contribution in [0, 0.1) is 29.1 Å². The number of rotatable bonds is 5. The maximum Gasteiger partial charge on any atom is 0.309 e. The van der Waals surface area contributed by atoms with E-state index in [1.807, 2.05) is 4.90 Å². The first kappa shape index (κ1) is 24.1. The number of ether oxygens (including phenoxy) is 2. The third-order valence-corrected chi connectivity index (χ3v) is 8.09. The normalized spacial score (nSPS) is 27.3. The minimum atomic E-state index is -0.315. The van der Waals surface area contributed by atoms with Crippen LogP contribution in [0.1, 0.15) is 75.3 Å². The second-order valence-electron chi connectivity index (χ2n) is 11.5. The minimum Gasteiger partial charge on any atom is -0.469 e. The molecule has 8 heteroatoms. The van der Waals surface area contributed by atoms with Gasteiger partial charge in [-0.15, -0.1) is 0 Å². The van der Waals surface area contributed by atoms with Crippen molar-refractivity contribution in [3.8, 4) is 6.07 Å². The predicted octanol–water partition coefficient (Wildman–Crippen LogP) is 3.16. The van der Waals surface area contributed by atoms with Crippen molar-refractivity contribution >= 4 is 17.7 Å². The van der Waals surface area contributed by atoms with E-state index in [2.05, 4.69) is 38.7 Å². The van der Waals surface area contributed by atoms with E-state index in [9.17, 15) is 14.9 Å². The molecule has 2 aliphatic heterocycles. The van der Waals surface area contributed by atoms with Crippen LogP contribution in [0.4, 0.5) is 5.82 Å². The molecule has 8 nitrogen and oxygen atoms in total. The summed E-state index contributed by atoms with van der Waals surface area (Å²) in [4.78, 5) is 34.5. The summed E-state index contributed by atoms with van der Waals surface area (Å²) in [6, 6.07) is 2.47. The fourth-order valence-corrected chi connectivity index (χ4v) is 5.76. The van der Waals surface area contributed by atoms with Gasteiger partial charge in [0.2, 0.25) is 5.91 Å².